The predicted molar refractivity (Wildman–Crippen MR) is 212 cm³/mol. The molecule has 6 aromatic carbocycles. The van der Waals surface area contributed by atoms with Crippen molar-refractivity contribution in [3.63, 3.8) is 0 Å². The van der Waals surface area contributed by atoms with Crippen LogP contribution in [0.2, 0.25) is 0 Å². The van der Waals surface area contributed by atoms with Crippen LogP contribution >= 0.6 is 0 Å². The van der Waals surface area contributed by atoms with E-state index in [1.54, 1.807) is 0 Å². The Hall–Kier alpha value is -5.66. The van der Waals surface area contributed by atoms with E-state index in [0.717, 1.165) is 45.2 Å². The van der Waals surface area contributed by atoms with Crippen molar-refractivity contribution in [3.8, 4) is 51.4 Å². The van der Waals surface area contributed by atoms with Gasteiger partial charge in [0, 0.05) is 16.7 Å². The van der Waals surface area contributed by atoms with E-state index in [1.165, 1.54) is 66.0 Å². The number of fused-ring (bicyclic) bond motifs is 4. The first kappa shape index (κ1) is 32.3. The number of hydrogen-bond acceptors (Lipinski definition) is 4. The maximum atomic E-state index is 9.44. The lowest BCUT2D eigenvalue weighted by atomic mass is 9.54. The van der Waals surface area contributed by atoms with Crippen LogP contribution < -0.4 is 0 Å². The van der Waals surface area contributed by atoms with Crippen molar-refractivity contribution in [2.75, 3.05) is 0 Å². The van der Waals surface area contributed by atoms with Gasteiger partial charge in [0.15, 0.2) is 17.5 Å². The van der Waals surface area contributed by atoms with Gasteiger partial charge >= 0.3 is 0 Å². The highest BCUT2D eigenvalue weighted by Gasteiger charge is 2.45. The van der Waals surface area contributed by atoms with E-state index in [-0.39, 0.29) is 0 Å². The Labute approximate surface area is 306 Å². The summed E-state index contributed by atoms with van der Waals surface area (Å²) in [5.41, 5.74) is 7.67. The van der Waals surface area contributed by atoms with Gasteiger partial charge in [-0.1, -0.05) is 123 Å². The average molecular weight is 675 g/mol. The van der Waals surface area contributed by atoms with Crippen molar-refractivity contribution in [2.45, 2.75) is 57.8 Å². The quantitative estimate of drug-likeness (QED) is 0.165. The molecule has 4 heteroatoms. The van der Waals surface area contributed by atoms with Gasteiger partial charge in [-0.3, -0.25) is 0 Å². The number of nitriles is 1. The van der Waals surface area contributed by atoms with Gasteiger partial charge < -0.3 is 0 Å². The second-order valence-corrected chi connectivity index (χ2v) is 15.4. The number of benzene rings is 6. The Balaban J connectivity index is 1.23. The molecule has 2 saturated carbocycles. The van der Waals surface area contributed by atoms with Crippen LogP contribution in [-0.2, 0) is 5.41 Å². The van der Waals surface area contributed by atoms with Crippen LogP contribution in [0.1, 0.15) is 63.5 Å². The van der Waals surface area contributed by atoms with Gasteiger partial charge in [-0.2, -0.15) is 5.26 Å². The van der Waals surface area contributed by atoms with E-state index in [4.69, 9.17) is 15.0 Å². The van der Waals surface area contributed by atoms with Crippen LogP contribution in [0.15, 0.2) is 127 Å². The maximum Gasteiger partial charge on any atom is 0.165 e. The Morgan fingerprint density at radius 1 is 0.577 bits per heavy atom. The maximum absolute atomic E-state index is 9.44. The molecular weight excluding hydrogens is 633 g/mol. The number of nitrogens with zero attached hydrogens (tertiary/aromatic N) is 4. The van der Waals surface area contributed by atoms with Crippen LogP contribution in [0.25, 0.3) is 66.8 Å². The summed E-state index contributed by atoms with van der Waals surface area (Å²) in [5, 5.41) is 14.0. The molecule has 0 aliphatic heterocycles. The average Bonchev–Trinajstić information content (AvgIpc) is 3.19. The molecule has 1 unspecified atom stereocenters. The Kier molecular flexibility index (Phi) is 8.16. The highest BCUT2D eigenvalue weighted by atomic mass is 15.0. The van der Waals surface area contributed by atoms with Crippen molar-refractivity contribution >= 4 is 21.5 Å². The predicted octanol–water partition coefficient (Wildman–Crippen LogP) is 12.2. The molecule has 9 rings (SSSR count). The molecule has 0 amide bonds. The van der Waals surface area contributed by atoms with Gasteiger partial charge in [0.1, 0.15) is 0 Å². The molecule has 254 valence electrons. The molecule has 2 aliphatic carbocycles. The molecule has 0 spiro atoms. The van der Waals surface area contributed by atoms with E-state index in [0.29, 0.717) is 28.5 Å². The molecule has 4 nitrogen and oxygen atoms in total. The lowest BCUT2D eigenvalue weighted by Crippen LogP contribution is -2.42. The summed E-state index contributed by atoms with van der Waals surface area (Å²) in [6.45, 7) is 4.86. The first-order chi connectivity index (χ1) is 25.5. The van der Waals surface area contributed by atoms with Crippen molar-refractivity contribution in [1.82, 2.24) is 15.0 Å². The zero-order valence-electron chi connectivity index (χ0n) is 29.9. The summed E-state index contributed by atoms with van der Waals surface area (Å²) < 4.78 is 0. The minimum absolute atomic E-state index is 0.301. The highest BCUT2D eigenvalue weighted by Crippen LogP contribution is 2.55. The molecule has 2 fully saturated rings. The van der Waals surface area contributed by atoms with E-state index < -0.39 is 0 Å². The van der Waals surface area contributed by atoms with E-state index in [2.05, 4.69) is 92.7 Å². The highest BCUT2D eigenvalue weighted by molar-refractivity contribution is 6.20. The van der Waals surface area contributed by atoms with Crippen LogP contribution in [0, 0.1) is 29.1 Å². The molecular formula is C48H42N4. The standard InChI is InChI=1S/C48H42N4/c1-3-32-26-34-25-31(2)27-48(28-32,29-34)38-23-21-35(22-24-38)43-39-13-7-9-15-41(39)44(42-16-10-8-14-40(42)43)47-51-45(36-11-5-4-6-12-36)50-46(52-47)37-19-17-33(30-49)18-20-37/h4-24,31-32,34H,3,25-29H2,1-2H3/t31-,32+,34-,48?/m1/s1. The molecule has 1 heterocycles. The summed E-state index contributed by atoms with van der Waals surface area (Å²) in [5.74, 6) is 4.30. The van der Waals surface area contributed by atoms with Gasteiger partial charge in [-0.25, -0.2) is 15.0 Å². The zero-order chi connectivity index (χ0) is 35.2. The van der Waals surface area contributed by atoms with Gasteiger partial charge in [0.25, 0.3) is 0 Å². The molecule has 0 saturated heterocycles. The summed E-state index contributed by atoms with van der Waals surface area (Å²) in [4.78, 5) is 15.3. The van der Waals surface area contributed by atoms with Crippen LogP contribution in [-0.4, -0.2) is 15.0 Å². The number of hydrogen-bond donors (Lipinski definition) is 0. The van der Waals surface area contributed by atoms with E-state index in [1.807, 2.05) is 54.6 Å². The largest absolute Gasteiger partial charge is 0.208 e. The van der Waals surface area contributed by atoms with Crippen LogP contribution in [0.5, 0.6) is 0 Å². The molecule has 7 aromatic rings. The Morgan fingerprint density at radius 2 is 1.12 bits per heavy atom. The third-order valence-electron chi connectivity index (χ3n) is 12.0. The van der Waals surface area contributed by atoms with E-state index >= 15 is 0 Å². The summed E-state index contributed by atoms with van der Waals surface area (Å²) in [6.07, 6.45) is 8.07. The van der Waals surface area contributed by atoms with Crippen molar-refractivity contribution in [2.24, 2.45) is 17.8 Å². The van der Waals surface area contributed by atoms with Gasteiger partial charge in [0.2, 0.25) is 0 Å². The van der Waals surface area contributed by atoms with Gasteiger partial charge in [-0.05, 0) is 118 Å². The van der Waals surface area contributed by atoms with Gasteiger partial charge in [0.05, 0.1) is 11.6 Å². The fourth-order valence-corrected chi connectivity index (χ4v) is 9.85. The smallest absolute Gasteiger partial charge is 0.165 e. The molecule has 2 bridgehead atoms. The zero-order valence-corrected chi connectivity index (χ0v) is 29.9. The third-order valence-corrected chi connectivity index (χ3v) is 12.0. The fraction of sp³-hybridized carbons (Fsp3) is 0.250. The van der Waals surface area contributed by atoms with Crippen molar-refractivity contribution < 1.29 is 0 Å². The lowest BCUT2D eigenvalue weighted by molar-refractivity contribution is 0.0702. The van der Waals surface area contributed by atoms with E-state index in [9.17, 15) is 5.26 Å². The first-order valence-corrected chi connectivity index (χ1v) is 18.9. The molecule has 0 N–H and O–H groups in total. The first-order valence-electron chi connectivity index (χ1n) is 18.9. The molecule has 0 radical (unpaired) electrons. The Morgan fingerprint density at radius 3 is 1.71 bits per heavy atom. The van der Waals surface area contributed by atoms with Crippen molar-refractivity contribution in [1.29, 1.82) is 5.26 Å². The fourth-order valence-electron chi connectivity index (χ4n) is 9.85. The summed E-state index contributed by atoms with van der Waals surface area (Å²) >= 11 is 0. The molecule has 1 aromatic heterocycles. The minimum Gasteiger partial charge on any atom is -0.208 e. The Bertz CT molecular complexity index is 2400. The minimum atomic E-state index is 0.301. The second kappa shape index (κ2) is 13.1. The molecule has 4 atom stereocenters. The second-order valence-electron chi connectivity index (χ2n) is 15.4. The van der Waals surface area contributed by atoms with Crippen molar-refractivity contribution in [3.05, 3.63) is 139 Å². The number of rotatable bonds is 6. The SMILES string of the molecule is CC[C@H]1C[C@H]2C[C@@H](C)CC(c3ccc(-c4c5ccccc5c(-c5nc(-c6ccccc6)nc(-c6ccc(C#N)cc6)n5)c5ccccc45)cc3)(C2)C1. The normalized spacial score (nSPS) is 21.2. The van der Waals surface area contributed by atoms with Crippen LogP contribution in [0.3, 0.4) is 0 Å². The number of aromatic nitrogens is 3. The topological polar surface area (TPSA) is 62.5 Å². The summed E-state index contributed by atoms with van der Waals surface area (Å²) in [6, 6.07) is 46.9. The van der Waals surface area contributed by atoms with Crippen LogP contribution in [0.4, 0.5) is 0 Å². The monoisotopic (exact) mass is 674 g/mol. The molecule has 2 aliphatic rings. The molecule has 52 heavy (non-hydrogen) atoms. The summed E-state index contributed by atoms with van der Waals surface area (Å²) in [7, 11) is 0. The van der Waals surface area contributed by atoms with Gasteiger partial charge in [-0.15, -0.1) is 0 Å². The third kappa shape index (κ3) is 5.66. The lowest BCUT2D eigenvalue weighted by Gasteiger charge is -2.51.